The lowest BCUT2D eigenvalue weighted by Crippen LogP contribution is -2.43. The van der Waals surface area contributed by atoms with Gasteiger partial charge in [0.05, 0.1) is 11.5 Å². The Kier molecular flexibility index (Phi) is 6.07. The lowest BCUT2D eigenvalue weighted by Gasteiger charge is -2.28. The first-order valence-electron chi connectivity index (χ1n) is 8.76. The Morgan fingerprint density at radius 2 is 1.81 bits per heavy atom. The van der Waals surface area contributed by atoms with Gasteiger partial charge in [0.1, 0.15) is 5.75 Å². The van der Waals surface area contributed by atoms with Crippen molar-refractivity contribution in [2.75, 3.05) is 18.1 Å². The van der Waals surface area contributed by atoms with E-state index in [0.29, 0.717) is 23.7 Å². The van der Waals surface area contributed by atoms with Crippen LogP contribution in [0.15, 0.2) is 48.5 Å². The summed E-state index contributed by atoms with van der Waals surface area (Å²) in [5.74, 6) is 0.490. The first kappa shape index (κ1) is 19.7. The van der Waals surface area contributed by atoms with E-state index < -0.39 is 9.84 Å². The summed E-state index contributed by atoms with van der Waals surface area (Å²) in [6, 6.07) is 14.3. The third-order valence-electron chi connectivity index (χ3n) is 4.62. The monoisotopic (exact) mass is 407 g/mol. The molecule has 3 rings (SSSR count). The molecule has 0 aromatic heterocycles. The van der Waals surface area contributed by atoms with Gasteiger partial charge in [-0.1, -0.05) is 41.4 Å². The highest BCUT2D eigenvalue weighted by Crippen LogP contribution is 2.21. The molecule has 0 radical (unpaired) electrons. The molecule has 1 aliphatic heterocycles. The largest absolute Gasteiger partial charge is 0.484 e. The summed E-state index contributed by atoms with van der Waals surface area (Å²) in [5, 5.41) is 0.614. The van der Waals surface area contributed by atoms with Crippen molar-refractivity contribution in [2.24, 2.45) is 0 Å². The van der Waals surface area contributed by atoms with Gasteiger partial charge in [0, 0.05) is 17.6 Å². The maximum Gasteiger partial charge on any atom is 0.261 e. The van der Waals surface area contributed by atoms with Crippen molar-refractivity contribution < 1.29 is 17.9 Å². The fraction of sp³-hybridized carbons (Fsp3) is 0.350. The summed E-state index contributed by atoms with van der Waals surface area (Å²) in [4.78, 5) is 14.4. The van der Waals surface area contributed by atoms with Gasteiger partial charge < -0.3 is 9.64 Å². The van der Waals surface area contributed by atoms with Crippen LogP contribution < -0.4 is 4.74 Å². The second kappa shape index (κ2) is 8.31. The second-order valence-corrected chi connectivity index (χ2v) is 9.47. The number of amides is 1. The van der Waals surface area contributed by atoms with Crippen LogP contribution in [0, 0.1) is 6.92 Å². The van der Waals surface area contributed by atoms with Crippen LogP contribution in [0.25, 0.3) is 0 Å². The van der Waals surface area contributed by atoms with Crippen LogP contribution in [0.5, 0.6) is 5.75 Å². The predicted octanol–water partition coefficient (Wildman–Crippen LogP) is 3.24. The van der Waals surface area contributed by atoms with Crippen LogP contribution in [0.3, 0.4) is 0 Å². The van der Waals surface area contributed by atoms with Gasteiger partial charge in [-0.2, -0.15) is 0 Å². The molecular formula is C20H22ClNO4S. The number of hydrogen-bond acceptors (Lipinski definition) is 4. The summed E-state index contributed by atoms with van der Waals surface area (Å²) < 4.78 is 29.4. The van der Waals surface area contributed by atoms with Gasteiger partial charge in [0.2, 0.25) is 0 Å². The van der Waals surface area contributed by atoms with Crippen LogP contribution in [-0.2, 0) is 21.2 Å². The normalized spacial score (nSPS) is 18.2. The molecule has 2 aromatic carbocycles. The Balaban J connectivity index is 1.72. The van der Waals surface area contributed by atoms with Crippen molar-refractivity contribution in [3.8, 4) is 5.75 Å². The maximum absolute atomic E-state index is 12.8. The predicted molar refractivity (Wildman–Crippen MR) is 106 cm³/mol. The highest BCUT2D eigenvalue weighted by Gasteiger charge is 2.34. The number of halogens is 1. The molecule has 2 aromatic rings. The number of rotatable bonds is 6. The minimum atomic E-state index is -3.10. The van der Waals surface area contributed by atoms with E-state index in [1.165, 1.54) is 0 Å². The zero-order valence-electron chi connectivity index (χ0n) is 15.1. The van der Waals surface area contributed by atoms with Gasteiger partial charge >= 0.3 is 0 Å². The van der Waals surface area contributed by atoms with E-state index in [1.807, 2.05) is 43.3 Å². The molecular weight excluding hydrogens is 386 g/mol. The van der Waals surface area contributed by atoms with E-state index >= 15 is 0 Å². The lowest BCUT2D eigenvalue weighted by molar-refractivity contribution is -0.136. The minimum Gasteiger partial charge on any atom is -0.484 e. The number of nitrogens with zero attached hydrogens (tertiary/aromatic N) is 1. The number of ether oxygens (including phenoxy) is 1. The number of aryl methyl sites for hydroxylation is 1. The summed E-state index contributed by atoms with van der Waals surface area (Å²) in [6.07, 6.45) is 0.451. The van der Waals surface area contributed by atoms with Gasteiger partial charge in [-0.3, -0.25) is 4.79 Å². The summed E-state index contributed by atoms with van der Waals surface area (Å²) in [5.41, 5.74) is 2.00. The zero-order chi connectivity index (χ0) is 19.4. The van der Waals surface area contributed by atoms with E-state index in [-0.39, 0.29) is 30.1 Å². The SMILES string of the molecule is Cc1ccc(OCC(=O)N(Cc2ccc(Cl)cc2)[C@H]2CCS(=O)(=O)C2)cc1. The Bertz CT molecular complexity index is 895. The van der Waals surface area contributed by atoms with Crippen molar-refractivity contribution in [1.82, 2.24) is 4.90 Å². The van der Waals surface area contributed by atoms with Crippen LogP contribution in [-0.4, -0.2) is 43.4 Å². The summed E-state index contributed by atoms with van der Waals surface area (Å²) in [7, 11) is -3.10. The molecule has 1 amide bonds. The quantitative estimate of drug-likeness (QED) is 0.737. The van der Waals surface area contributed by atoms with Crippen molar-refractivity contribution >= 4 is 27.3 Å². The van der Waals surface area contributed by atoms with Gasteiger partial charge in [0.15, 0.2) is 16.4 Å². The summed E-state index contributed by atoms with van der Waals surface area (Å²) in [6.45, 7) is 2.17. The number of carbonyl (C=O) groups excluding carboxylic acids is 1. The van der Waals surface area contributed by atoms with Crippen molar-refractivity contribution in [2.45, 2.75) is 25.9 Å². The molecule has 0 N–H and O–H groups in total. The fourth-order valence-electron chi connectivity index (χ4n) is 3.09. The molecule has 0 aliphatic carbocycles. The van der Waals surface area contributed by atoms with E-state index in [2.05, 4.69) is 0 Å². The van der Waals surface area contributed by atoms with Crippen molar-refractivity contribution in [1.29, 1.82) is 0 Å². The molecule has 0 bridgehead atoms. The van der Waals surface area contributed by atoms with Crippen LogP contribution >= 0.6 is 11.6 Å². The molecule has 1 heterocycles. The third-order valence-corrected chi connectivity index (χ3v) is 6.62. The van der Waals surface area contributed by atoms with Gasteiger partial charge in [-0.05, 0) is 43.2 Å². The third kappa shape index (κ3) is 5.47. The highest BCUT2D eigenvalue weighted by atomic mass is 35.5. The van der Waals surface area contributed by atoms with Gasteiger partial charge in [0.25, 0.3) is 5.91 Å². The molecule has 7 heteroatoms. The van der Waals surface area contributed by atoms with Crippen molar-refractivity contribution in [3.63, 3.8) is 0 Å². The zero-order valence-corrected chi connectivity index (χ0v) is 16.7. The number of sulfone groups is 1. The molecule has 144 valence electrons. The van der Waals surface area contributed by atoms with Gasteiger partial charge in [-0.15, -0.1) is 0 Å². The molecule has 1 fully saturated rings. The first-order chi connectivity index (χ1) is 12.8. The molecule has 1 saturated heterocycles. The van der Waals surface area contributed by atoms with E-state index in [4.69, 9.17) is 16.3 Å². The topological polar surface area (TPSA) is 63.7 Å². The van der Waals surface area contributed by atoms with E-state index in [1.54, 1.807) is 17.0 Å². The maximum atomic E-state index is 12.8. The average molecular weight is 408 g/mol. The molecule has 27 heavy (non-hydrogen) atoms. The number of carbonyl (C=O) groups is 1. The van der Waals surface area contributed by atoms with E-state index in [9.17, 15) is 13.2 Å². The molecule has 5 nitrogen and oxygen atoms in total. The molecule has 1 atom stereocenters. The molecule has 0 unspecified atom stereocenters. The Morgan fingerprint density at radius 1 is 1.15 bits per heavy atom. The van der Waals surface area contributed by atoms with Crippen molar-refractivity contribution in [3.05, 3.63) is 64.7 Å². The van der Waals surface area contributed by atoms with Crippen LogP contribution in [0.4, 0.5) is 0 Å². The van der Waals surface area contributed by atoms with Gasteiger partial charge in [-0.25, -0.2) is 8.42 Å². The fourth-order valence-corrected chi connectivity index (χ4v) is 4.95. The Labute approximate surface area is 164 Å². The highest BCUT2D eigenvalue weighted by molar-refractivity contribution is 7.91. The smallest absolute Gasteiger partial charge is 0.261 e. The Morgan fingerprint density at radius 3 is 2.41 bits per heavy atom. The average Bonchev–Trinajstić information content (AvgIpc) is 3.00. The van der Waals surface area contributed by atoms with E-state index in [0.717, 1.165) is 11.1 Å². The number of hydrogen-bond donors (Lipinski definition) is 0. The minimum absolute atomic E-state index is 0.00311. The lowest BCUT2D eigenvalue weighted by atomic mass is 10.1. The standard InChI is InChI=1S/C20H22ClNO4S/c1-15-2-8-19(9-3-15)26-13-20(23)22(18-10-11-27(24,25)14-18)12-16-4-6-17(21)7-5-16/h2-9,18H,10-14H2,1H3/t18-/m0/s1. The summed E-state index contributed by atoms with van der Waals surface area (Å²) >= 11 is 5.92. The Hall–Kier alpha value is -2.05. The molecule has 0 spiro atoms. The van der Waals surface area contributed by atoms with Crippen LogP contribution in [0.1, 0.15) is 17.5 Å². The molecule has 1 aliphatic rings. The molecule has 0 saturated carbocycles. The second-order valence-electron chi connectivity index (χ2n) is 6.81. The number of benzene rings is 2. The first-order valence-corrected chi connectivity index (χ1v) is 11.0. The van der Waals surface area contributed by atoms with Crippen LogP contribution in [0.2, 0.25) is 5.02 Å².